The van der Waals surface area contributed by atoms with Gasteiger partial charge in [0.1, 0.15) is 11.1 Å². The zero-order valence-electron chi connectivity index (χ0n) is 10.5. The second-order valence-corrected chi connectivity index (χ2v) is 4.92. The Morgan fingerprint density at radius 3 is 2.24 bits per heavy atom. The number of nitriles is 1. The summed E-state index contributed by atoms with van der Waals surface area (Å²) in [4.78, 5) is 22.5. The van der Waals surface area contributed by atoms with E-state index in [-0.39, 0.29) is 12.8 Å². The molecule has 0 saturated carbocycles. The summed E-state index contributed by atoms with van der Waals surface area (Å²) >= 11 is 0. The fraction of sp³-hybridized carbons (Fsp3) is 0.727. The molecule has 0 rings (SSSR count). The van der Waals surface area contributed by atoms with Gasteiger partial charge in [-0.3, -0.25) is 0 Å². The van der Waals surface area contributed by atoms with Gasteiger partial charge in [-0.05, 0) is 34.1 Å². The molecule has 0 bridgehead atoms. The standard InChI is InChI=1S/C11H18N2O4/c1-10(2,3)17-9(16)13-11(4,8(14)15)6-5-7-12/h5-6H2,1-4H3,(H,13,16)(H,14,15). The van der Waals surface area contributed by atoms with E-state index in [4.69, 9.17) is 15.1 Å². The number of nitrogens with zero attached hydrogens (tertiary/aromatic N) is 1. The molecule has 2 N–H and O–H groups in total. The van der Waals surface area contributed by atoms with E-state index < -0.39 is 23.2 Å². The Bertz CT molecular complexity index is 340. The highest BCUT2D eigenvalue weighted by Gasteiger charge is 2.35. The van der Waals surface area contributed by atoms with Crippen molar-refractivity contribution in [3.8, 4) is 6.07 Å². The summed E-state index contributed by atoms with van der Waals surface area (Å²) in [5.74, 6) is -1.20. The van der Waals surface area contributed by atoms with E-state index in [1.54, 1.807) is 20.8 Å². The first-order chi connectivity index (χ1) is 7.60. The highest BCUT2D eigenvalue weighted by Crippen LogP contribution is 2.14. The van der Waals surface area contributed by atoms with Crippen molar-refractivity contribution in [3.63, 3.8) is 0 Å². The first-order valence-corrected chi connectivity index (χ1v) is 5.22. The number of hydrogen-bond acceptors (Lipinski definition) is 4. The molecule has 0 aromatic carbocycles. The van der Waals surface area contributed by atoms with Crippen molar-refractivity contribution in [3.05, 3.63) is 0 Å². The molecule has 6 heteroatoms. The number of nitrogens with one attached hydrogen (secondary N) is 1. The van der Waals surface area contributed by atoms with Gasteiger partial charge in [0, 0.05) is 6.42 Å². The lowest BCUT2D eigenvalue weighted by Gasteiger charge is -2.27. The smallest absolute Gasteiger partial charge is 0.408 e. The van der Waals surface area contributed by atoms with Crippen LogP contribution >= 0.6 is 0 Å². The van der Waals surface area contributed by atoms with E-state index in [0.717, 1.165) is 0 Å². The third kappa shape index (κ3) is 5.76. The molecule has 0 aliphatic carbocycles. The predicted molar refractivity (Wildman–Crippen MR) is 60.3 cm³/mol. The summed E-state index contributed by atoms with van der Waals surface area (Å²) in [5.41, 5.74) is -2.18. The van der Waals surface area contributed by atoms with Crippen LogP contribution in [0, 0.1) is 11.3 Å². The highest BCUT2D eigenvalue weighted by atomic mass is 16.6. The molecule has 6 nitrogen and oxygen atoms in total. The number of carboxylic acid groups (broad SMARTS) is 1. The normalized spacial score (nSPS) is 14.3. The van der Waals surface area contributed by atoms with Crippen LogP contribution in [0.25, 0.3) is 0 Å². The second-order valence-electron chi connectivity index (χ2n) is 4.92. The molecule has 1 atom stereocenters. The summed E-state index contributed by atoms with van der Waals surface area (Å²) in [5, 5.41) is 19.7. The van der Waals surface area contributed by atoms with E-state index in [9.17, 15) is 9.59 Å². The highest BCUT2D eigenvalue weighted by molar-refractivity contribution is 5.83. The zero-order valence-corrected chi connectivity index (χ0v) is 10.5. The molecule has 1 amide bonds. The molecule has 0 radical (unpaired) electrons. The number of carbonyl (C=O) groups is 2. The van der Waals surface area contributed by atoms with E-state index in [2.05, 4.69) is 5.32 Å². The molecule has 0 heterocycles. The number of carboxylic acids is 1. The van der Waals surface area contributed by atoms with Crippen LogP contribution in [0.3, 0.4) is 0 Å². The SMILES string of the molecule is CC(C)(C)OC(=O)NC(C)(CCC#N)C(=O)O. The fourth-order valence-electron chi connectivity index (χ4n) is 1.06. The molecule has 96 valence electrons. The molecule has 1 unspecified atom stereocenters. The van der Waals surface area contributed by atoms with Gasteiger partial charge in [0.15, 0.2) is 0 Å². The number of alkyl carbamates (subject to hydrolysis) is 1. The summed E-state index contributed by atoms with van der Waals surface area (Å²) in [6.07, 6.45) is -0.739. The van der Waals surface area contributed by atoms with Crippen molar-refractivity contribution in [1.29, 1.82) is 5.26 Å². The maximum absolute atomic E-state index is 11.5. The Labute approximate surface area is 101 Å². The van der Waals surface area contributed by atoms with Crippen molar-refractivity contribution in [2.75, 3.05) is 0 Å². The van der Waals surface area contributed by atoms with Crippen LogP contribution < -0.4 is 5.32 Å². The zero-order chi connectivity index (χ0) is 13.7. The number of carbonyl (C=O) groups excluding carboxylic acids is 1. The monoisotopic (exact) mass is 242 g/mol. The summed E-state index contributed by atoms with van der Waals surface area (Å²) in [7, 11) is 0. The first kappa shape index (κ1) is 15.2. The van der Waals surface area contributed by atoms with Crippen molar-refractivity contribution in [2.45, 2.75) is 51.7 Å². The minimum absolute atomic E-state index is 0.0259. The topological polar surface area (TPSA) is 99.4 Å². The molecule has 0 spiro atoms. The molecule has 0 aliphatic rings. The maximum atomic E-state index is 11.5. The van der Waals surface area contributed by atoms with Gasteiger partial charge in [0.2, 0.25) is 0 Å². The number of rotatable bonds is 4. The molecule has 0 fully saturated rings. The third-order valence-electron chi connectivity index (χ3n) is 1.99. The Kier molecular flexibility index (Phi) is 4.95. The largest absolute Gasteiger partial charge is 0.480 e. The van der Waals surface area contributed by atoms with Crippen LogP contribution in [-0.4, -0.2) is 28.3 Å². The van der Waals surface area contributed by atoms with Crippen LogP contribution in [0.4, 0.5) is 4.79 Å². The van der Waals surface area contributed by atoms with Crippen molar-refractivity contribution >= 4 is 12.1 Å². The molecule has 0 aliphatic heterocycles. The van der Waals surface area contributed by atoms with Gasteiger partial charge in [-0.2, -0.15) is 5.26 Å². The lowest BCUT2D eigenvalue weighted by atomic mass is 9.96. The van der Waals surface area contributed by atoms with Crippen LogP contribution in [-0.2, 0) is 9.53 Å². The quantitative estimate of drug-likeness (QED) is 0.780. The van der Waals surface area contributed by atoms with Gasteiger partial charge >= 0.3 is 12.1 Å². The summed E-state index contributed by atoms with van der Waals surface area (Å²) in [6.45, 7) is 6.39. The molecule has 17 heavy (non-hydrogen) atoms. The van der Waals surface area contributed by atoms with Crippen LogP contribution in [0.15, 0.2) is 0 Å². The van der Waals surface area contributed by atoms with Crippen molar-refractivity contribution in [1.82, 2.24) is 5.32 Å². The lowest BCUT2D eigenvalue weighted by molar-refractivity contribution is -0.144. The number of ether oxygens (including phenoxy) is 1. The predicted octanol–water partition coefficient (Wildman–Crippen LogP) is 1.66. The lowest BCUT2D eigenvalue weighted by Crippen LogP contribution is -2.53. The molecule has 0 aromatic rings. The Morgan fingerprint density at radius 2 is 1.88 bits per heavy atom. The van der Waals surface area contributed by atoms with E-state index in [1.165, 1.54) is 6.92 Å². The van der Waals surface area contributed by atoms with Crippen LogP contribution in [0.1, 0.15) is 40.5 Å². The van der Waals surface area contributed by atoms with Gasteiger partial charge in [0.25, 0.3) is 0 Å². The fourth-order valence-corrected chi connectivity index (χ4v) is 1.06. The molecule has 0 aromatic heterocycles. The first-order valence-electron chi connectivity index (χ1n) is 5.22. The van der Waals surface area contributed by atoms with Gasteiger partial charge in [0.05, 0.1) is 6.07 Å². The van der Waals surface area contributed by atoms with Gasteiger partial charge in [-0.25, -0.2) is 9.59 Å². The van der Waals surface area contributed by atoms with Gasteiger partial charge < -0.3 is 15.2 Å². The second kappa shape index (κ2) is 5.53. The third-order valence-corrected chi connectivity index (χ3v) is 1.99. The van der Waals surface area contributed by atoms with Crippen LogP contribution in [0.5, 0.6) is 0 Å². The number of aliphatic carboxylic acids is 1. The van der Waals surface area contributed by atoms with Crippen molar-refractivity contribution < 1.29 is 19.4 Å². The Morgan fingerprint density at radius 1 is 1.35 bits per heavy atom. The van der Waals surface area contributed by atoms with Crippen molar-refractivity contribution in [2.24, 2.45) is 0 Å². The van der Waals surface area contributed by atoms with E-state index in [1.807, 2.05) is 6.07 Å². The average Bonchev–Trinajstić information content (AvgIpc) is 2.11. The van der Waals surface area contributed by atoms with Gasteiger partial charge in [-0.1, -0.05) is 0 Å². The Balaban J connectivity index is 4.61. The average molecular weight is 242 g/mol. The number of amides is 1. The summed E-state index contributed by atoms with van der Waals surface area (Å²) < 4.78 is 4.97. The van der Waals surface area contributed by atoms with E-state index >= 15 is 0 Å². The molecular formula is C11H18N2O4. The van der Waals surface area contributed by atoms with E-state index in [0.29, 0.717) is 0 Å². The summed E-state index contributed by atoms with van der Waals surface area (Å²) in [6, 6.07) is 1.84. The molecule has 0 saturated heterocycles. The van der Waals surface area contributed by atoms with Crippen LogP contribution in [0.2, 0.25) is 0 Å². The maximum Gasteiger partial charge on any atom is 0.408 e. The number of hydrogen-bond donors (Lipinski definition) is 2. The molecular weight excluding hydrogens is 224 g/mol. The minimum Gasteiger partial charge on any atom is -0.480 e. The van der Waals surface area contributed by atoms with Gasteiger partial charge in [-0.15, -0.1) is 0 Å². The minimum atomic E-state index is -1.49. The Hall–Kier alpha value is -1.77.